The molecule has 7 heteroatoms. The van der Waals surface area contributed by atoms with Crippen molar-refractivity contribution in [3.63, 3.8) is 0 Å². The van der Waals surface area contributed by atoms with E-state index in [-0.39, 0.29) is 5.91 Å². The highest BCUT2D eigenvalue weighted by Crippen LogP contribution is 2.12. The normalized spacial score (nSPS) is 10.0. The van der Waals surface area contributed by atoms with Crippen molar-refractivity contribution in [3.05, 3.63) is 24.2 Å². The number of aromatic nitrogens is 3. The molecular weight excluding hydrogens is 202 g/mol. The molecule has 2 aromatic heterocycles. The predicted octanol–water partition coefficient (Wildman–Crippen LogP) is 0.701. The van der Waals surface area contributed by atoms with Gasteiger partial charge in [0.2, 0.25) is 0 Å². The molecule has 0 bridgehead atoms. The SMILES string of the molecule is Nc1c[nH]c(C(=O)Nc2cnns2)c1. The summed E-state index contributed by atoms with van der Waals surface area (Å²) in [5, 5.41) is 6.81. The Balaban J connectivity index is 2.10. The molecule has 0 saturated heterocycles. The Morgan fingerprint density at radius 3 is 3.07 bits per heavy atom. The van der Waals surface area contributed by atoms with E-state index in [1.165, 1.54) is 6.20 Å². The maximum atomic E-state index is 11.5. The first kappa shape index (κ1) is 8.70. The van der Waals surface area contributed by atoms with E-state index in [9.17, 15) is 4.79 Å². The lowest BCUT2D eigenvalue weighted by atomic mass is 10.4. The smallest absolute Gasteiger partial charge is 0.272 e. The van der Waals surface area contributed by atoms with Gasteiger partial charge in [0.25, 0.3) is 5.91 Å². The van der Waals surface area contributed by atoms with Crippen molar-refractivity contribution in [1.82, 2.24) is 14.6 Å². The van der Waals surface area contributed by atoms with Gasteiger partial charge in [0.05, 0.1) is 6.20 Å². The van der Waals surface area contributed by atoms with E-state index in [0.717, 1.165) is 11.5 Å². The summed E-state index contributed by atoms with van der Waals surface area (Å²) in [6, 6.07) is 1.56. The summed E-state index contributed by atoms with van der Waals surface area (Å²) in [4.78, 5) is 14.2. The lowest BCUT2D eigenvalue weighted by Gasteiger charge is -1.96. The van der Waals surface area contributed by atoms with Crippen molar-refractivity contribution in [2.75, 3.05) is 11.1 Å². The topological polar surface area (TPSA) is 96.7 Å². The molecule has 2 rings (SSSR count). The molecular formula is C7H7N5OS. The van der Waals surface area contributed by atoms with E-state index in [4.69, 9.17) is 5.73 Å². The maximum Gasteiger partial charge on any atom is 0.272 e. The minimum absolute atomic E-state index is 0.257. The van der Waals surface area contributed by atoms with Gasteiger partial charge in [-0.15, -0.1) is 5.10 Å². The molecule has 0 aromatic carbocycles. The minimum Gasteiger partial charge on any atom is -0.397 e. The summed E-state index contributed by atoms with van der Waals surface area (Å²) >= 11 is 1.11. The van der Waals surface area contributed by atoms with Crippen LogP contribution in [-0.4, -0.2) is 20.5 Å². The van der Waals surface area contributed by atoms with Crippen molar-refractivity contribution in [1.29, 1.82) is 0 Å². The van der Waals surface area contributed by atoms with Crippen molar-refractivity contribution in [2.24, 2.45) is 0 Å². The second kappa shape index (κ2) is 3.46. The van der Waals surface area contributed by atoms with Gasteiger partial charge >= 0.3 is 0 Å². The number of hydrogen-bond acceptors (Lipinski definition) is 5. The van der Waals surface area contributed by atoms with Crippen LogP contribution in [0.1, 0.15) is 10.5 Å². The van der Waals surface area contributed by atoms with Gasteiger partial charge in [-0.05, 0) is 6.07 Å². The molecule has 0 aliphatic carbocycles. The number of nitrogens with two attached hydrogens (primary N) is 1. The molecule has 0 fully saturated rings. The first-order valence-corrected chi connectivity index (χ1v) is 4.55. The Labute approximate surface area is 83.3 Å². The lowest BCUT2D eigenvalue weighted by Crippen LogP contribution is -2.10. The molecule has 1 amide bonds. The number of carbonyl (C=O) groups is 1. The number of H-pyrrole nitrogens is 1. The van der Waals surface area contributed by atoms with Gasteiger partial charge in [-0.25, -0.2) is 0 Å². The second-order valence-corrected chi connectivity index (χ2v) is 3.37. The van der Waals surface area contributed by atoms with Crippen LogP contribution in [0.2, 0.25) is 0 Å². The fraction of sp³-hybridized carbons (Fsp3) is 0. The third-order valence-corrected chi connectivity index (χ3v) is 2.13. The van der Waals surface area contributed by atoms with E-state index >= 15 is 0 Å². The molecule has 0 aliphatic rings. The van der Waals surface area contributed by atoms with Crippen LogP contribution in [0, 0.1) is 0 Å². The van der Waals surface area contributed by atoms with Gasteiger partial charge in [0.1, 0.15) is 10.7 Å². The highest BCUT2D eigenvalue weighted by atomic mass is 32.1. The zero-order chi connectivity index (χ0) is 9.97. The van der Waals surface area contributed by atoms with Gasteiger partial charge in [-0.1, -0.05) is 4.49 Å². The van der Waals surface area contributed by atoms with Crippen LogP contribution in [0.15, 0.2) is 18.5 Å². The van der Waals surface area contributed by atoms with Crippen molar-refractivity contribution in [2.45, 2.75) is 0 Å². The summed E-state index contributed by atoms with van der Waals surface area (Å²) in [7, 11) is 0. The fourth-order valence-electron chi connectivity index (χ4n) is 0.944. The number of hydrogen-bond donors (Lipinski definition) is 3. The molecule has 0 radical (unpaired) electrons. The van der Waals surface area contributed by atoms with Gasteiger partial charge in [-0.3, -0.25) is 4.79 Å². The number of rotatable bonds is 2. The summed E-state index contributed by atoms with van der Waals surface area (Å²) in [6.07, 6.45) is 3.04. The third kappa shape index (κ3) is 1.72. The maximum absolute atomic E-state index is 11.5. The zero-order valence-electron chi connectivity index (χ0n) is 7.02. The van der Waals surface area contributed by atoms with Crippen molar-refractivity contribution >= 4 is 28.1 Å². The first-order chi connectivity index (χ1) is 6.75. The summed E-state index contributed by atoms with van der Waals surface area (Å²) in [6.45, 7) is 0. The Morgan fingerprint density at radius 1 is 1.64 bits per heavy atom. The summed E-state index contributed by atoms with van der Waals surface area (Å²) in [5.41, 5.74) is 6.39. The number of carbonyl (C=O) groups excluding carboxylic acids is 1. The fourth-order valence-corrected chi connectivity index (χ4v) is 1.36. The van der Waals surface area contributed by atoms with Gasteiger partial charge in [-0.2, -0.15) is 0 Å². The van der Waals surface area contributed by atoms with Crippen LogP contribution < -0.4 is 11.1 Å². The van der Waals surface area contributed by atoms with E-state index in [1.807, 2.05) is 0 Å². The summed E-state index contributed by atoms with van der Waals surface area (Å²) in [5.74, 6) is -0.257. The highest BCUT2D eigenvalue weighted by molar-refractivity contribution is 7.10. The molecule has 0 unspecified atom stereocenters. The lowest BCUT2D eigenvalue weighted by molar-refractivity contribution is 0.102. The second-order valence-electron chi connectivity index (χ2n) is 2.58. The van der Waals surface area contributed by atoms with Gasteiger partial charge < -0.3 is 16.0 Å². The van der Waals surface area contributed by atoms with Crippen molar-refractivity contribution < 1.29 is 4.79 Å². The number of amides is 1. The molecule has 2 heterocycles. The van der Waals surface area contributed by atoms with E-state index in [2.05, 4.69) is 19.9 Å². The monoisotopic (exact) mass is 209 g/mol. The van der Waals surface area contributed by atoms with Crippen LogP contribution in [0.5, 0.6) is 0 Å². The van der Waals surface area contributed by atoms with E-state index in [1.54, 1.807) is 12.3 Å². The average molecular weight is 209 g/mol. The van der Waals surface area contributed by atoms with Crippen LogP contribution >= 0.6 is 11.5 Å². The number of aromatic amines is 1. The summed E-state index contributed by atoms with van der Waals surface area (Å²) < 4.78 is 3.62. The van der Waals surface area contributed by atoms with Crippen LogP contribution in [-0.2, 0) is 0 Å². The standard InChI is InChI=1S/C7H7N5OS/c8-4-1-5(9-2-4)7(13)11-6-3-10-12-14-6/h1-3,9H,8H2,(H,11,13). The van der Waals surface area contributed by atoms with E-state index in [0.29, 0.717) is 16.4 Å². The number of nitrogens with one attached hydrogen (secondary N) is 2. The Morgan fingerprint density at radius 2 is 2.50 bits per heavy atom. The predicted molar refractivity (Wildman–Crippen MR) is 53.1 cm³/mol. The molecule has 72 valence electrons. The Bertz CT molecular complexity index is 435. The van der Waals surface area contributed by atoms with Crippen LogP contribution in [0.4, 0.5) is 10.7 Å². The first-order valence-electron chi connectivity index (χ1n) is 3.78. The molecule has 0 spiro atoms. The molecule has 4 N–H and O–H groups in total. The molecule has 0 aliphatic heterocycles. The van der Waals surface area contributed by atoms with Crippen LogP contribution in [0.25, 0.3) is 0 Å². The van der Waals surface area contributed by atoms with Gasteiger partial charge in [0.15, 0.2) is 0 Å². The quantitative estimate of drug-likeness (QED) is 0.678. The number of anilines is 2. The minimum atomic E-state index is -0.257. The Hall–Kier alpha value is -1.89. The molecule has 2 aromatic rings. The largest absolute Gasteiger partial charge is 0.397 e. The number of nitrogens with zero attached hydrogens (tertiary/aromatic N) is 2. The van der Waals surface area contributed by atoms with Gasteiger partial charge in [0, 0.05) is 23.4 Å². The van der Waals surface area contributed by atoms with E-state index < -0.39 is 0 Å². The molecule has 6 nitrogen and oxygen atoms in total. The zero-order valence-corrected chi connectivity index (χ0v) is 7.84. The Kier molecular flexibility index (Phi) is 2.15. The third-order valence-electron chi connectivity index (χ3n) is 1.55. The van der Waals surface area contributed by atoms with Crippen LogP contribution in [0.3, 0.4) is 0 Å². The van der Waals surface area contributed by atoms with Crippen molar-refractivity contribution in [3.8, 4) is 0 Å². The highest BCUT2D eigenvalue weighted by Gasteiger charge is 2.08. The molecule has 14 heavy (non-hydrogen) atoms. The average Bonchev–Trinajstić information content (AvgIpc) is 2.75. The molecule has 0 atom stereocenters. The molecule has 0 saturated carbocycles. The number of nitrogen functional groups attached to an aromatic ring is 1.